The first kappa shape index (κ1) is 14.5. The van der Waals surface area contributed by atoms with Gasteiger partial charge in [0.25, 0.3) is 5.56 Å². The zero-order valence-electron chi connectivity index (χ0n) is 11.7. The topological polar surface area (TPSA) is 65.6 Å². The Morgan fingerprint density at radius 2 is 2.23 bits per heavy atom. The molecule has 22 heavy (non-hydrogen) atoms. The van der Waals surface area contributed by atoms with Crippen LogP contribution in [0.1, 0.15) is 0 Å². The van der Waals surface area contributed by atoms with E-state index in [1.807, 2.05) is 6.26 Å². The minimum absolute atomic E-state index is 0.252. The van der Waals surface area contributed by atoms with Gasteiger partial charge < -0.3 is 0 Å². The zero-order valence-corrected chi connectivity index (χ0v) is 12.5. The normalized spacial score (nSPS) is 11.0. The molecule has 8 heteroatoms. The maximum Gasteiger partial charge on any atom is 0.278 e. The molecular formula is C14H12FN5OS. The Balaban J connectivity index is 2.41. The van der Waals surface area contributed by atoms with E-state index in [0.29, 0.717) is 16.2 Å². The summed E-state index contributed by atoms with van der Waals surface area (Å²) in [6.45, 7) is 3.90. The summed E-state index contributed by atoms with van der Waals surface area (Å²) >= 11 is 1.36. The van der Waals surface area contributed by atoms with Crippen LogP contribution in [-0.4, -0.2) is 30.6 Å². The first-order valence-corrected chi connectivity index (χ1v) is 7.64. The second kappa shape index (κ2) is 5.72. The molecule has 0 N–H and O–H groups in total. The van der Waals surface area contributed by atoms with Gasteiger partial charge in [-0.25, -0.2) is 24.3 Å². The van der Waals surface area contributed by atoms with Crippen molar-refractivity contribution in [2.24, 2.45) is 0 Å². The molecular weight excluding hydrogens is 305 g/mol. The van der Waals surface area contributed by atoms with Gasteiger partial charge in [-0.2, -0.15) is 4.39 Å². The largest absolute Gasteiger partial charge is 0.278 e. The number of halogens is 1. The van der Waals surface area contributed by atoms with Gasteiger partial charge in [0.1, 0.15) is 5.39 Å². The van der Waals surface area contributed by atoms with Crippen molar-refractivity contribution in [2.45, 2.75) is 11.7 Å². The van der Waals surface area contributed by atoms with Crippen LogP contribution in [0.5, 0.6) is 0 Å². The first-order valence-electron chi connectivity index (χ1n) is 6.42. The molecule has 6 nitrogen and oxygen atoms in total. The minimum Gasteiger partial charge on any atom is -0.267 e. The van der Waals surface area contributed by atoms with E-state index in [9.17, 15) is 9.18 Å². The second-order valence-corrected chi connectivity index (χ2v) is 5.17. The molecule has 0 aliphatic rings. The van der Waals surface area contributed by atoms with E-state index in [0.717, 1.165) is 0 Å². The fourth-order valence-electron chi connectivity index (χ4n) is 2.15. The van der Waals surface area contributed by atoms with Gasteiger partial charge in [-0.15, -0.1) is 6.58 Å². The van der Waals surface area contributed by atoms with Crippen molar-refractivity contribution in [3.8, 4) is 5.82 Å². The van der Waals surface area contributed by atoms with Crippen molar-refractivity contribution in [3.05, 3.63) is 53.4 Å². The van der Waals surface area contributed by atoms with Crippen LogP contribution in [0.4, 0.5) is 4.39 Å². The Kier molecular flexibility index (Phi) is 3.76. The average Bonchev–Trinajstić information content (AvgIpc) is 2.80. The number of allylic oxidation sites excluding steroid dienone is 1. The van der Waals surface area contributed by atoms with E-state index in [2.05, 4.69) is 21.5 Å². The maximum atomic E-state index is 13.5. The third kappa shape index (κ3) is 2.31. The molecule has 0 spiro atoms. The third-order valence-electron chi connectivity index (χ3n) is 3.06. The lowest BCUT2D eigenvalue weighted by molar-refractivity contribution is 0.555. The van der Waals surface area contributed by atoms with Gasteiger partial charge in [-0.1, -0.05) is 23.9 Å². The molecule has 112 valence electrons. The van der Waals surface area contributed by atoms with E-state index in [4.69, 9.17) is 0 Å². The van der Waals surface area contributed by atoms with Gasteiger partial charge in [-0.3, -0.25) is 4.79 Å². The SMILES string of the molecule is C=CCn1c(=O)c2cnc(SC)nc2n1-c1cccc(F)n1. The van der Waals surface area contributed by atoms with Crippen molar-refractivity contribution < 1.29 is 4.39 Å². The standard InChI is InChI=1S/C14H12FN5OS/c1-3-7-19-13(21)9-8-16-14(22-2)18-12(9)20(19)11-6-4-5-10(15)17-11/h3-6,8H,1,7H2,2H3. The number of aromatic nitrogens is 5. The quantitative estimate of drug-likeness (QED) is 0.319. The predicted molar refractivity (Wildman–Crippen MR) is 82.9 cm³/mol. The van der Waals surface area contributed by atoms with Crippen LogP contribution in [-0.2, 0) is 6.54 Å². The summed E-state index contributed by atoms with van der Waals surface area (Å²) in [4.78, 5) is 24.8. The van der Waals surface area contributed by atoms with Gasteiger partial charge in [0.15, 0.2) is 16.6 Å². The molecule has 0 bridgehead atoms. The molecule has 0 saturated heterocycles. The second-order valence-electron chi connectivity index (χ2n) is 4.40. The number of thioether (sulfide) groups is 1. The Morgan fingerprint density at radius 3 is 2.91 bits per heavy atom. The lowest BCUT2D eigenvalue weighted by Gasteiger charge is -2.09. The Labute approximate surface area is 129 Å². The summed E-state index contributed by atoms with van der Waals surface area (Å²) < 4.78 is 16.3. The summed E-state index contributed by atoms with van der Waals surface area (Å²) in [5, 5.41) is 0.874. The predicted octanol–water partition coefficient (Wildman–Crippen LogP) is 2.02. The van der Waals surface area contributed by atoms with Crippen LogP contribution in [0.15, 0.2) is 47.0 Å². The first-order chi connectivity index (χ1) is 10.7. The summed E-state index contributed by atoms with van der Waals surface area (Å²) in [6, 6.07) is 4.39. The molecule has 0 atom stereocenters. The van der Waals surface area contributed by atoms with Crippen LogP contribution in [0.2, 0.25) is 0 Å². The van der Waals surface area contributed by atoms with Crippen LogP contribution < -0.4 is 5.56 Å². The zero-order chi connectivity index (χ0) is 15.7. The smallest absolute Gasteiger partial charge is 0.267 e. The Bertz CT molecular complexity index is 917. The average molecular weight is 317 g/mol. The highest BCUT2D eigenvalue weighted by molar-refractivity contribution is 7.98. The lowest BCUT2D eigenvalue weighted by Crippen LogP contribution is -2.22. The molecule has 3 heterocycles. The monoisotopic (exact) mass is 317 g/mol. The molecule has 0 fully saturated rings. The molecule has 0 aliphatic heterocycles. The molecule has 0 amide bonds. The maximum absolute atomic E-state index is 13.5. The number of hydrogen-bond acceptors (Lipinski definition) is 5. The Morgan fingerprint density at radius 1 is 1.41 bits per heavy atom. The Hall–Kier alpha value is -2.48. The fraction of sp³-hybridized carbons (Fsp3) is 0.143. The fourth-order valence-corrected chi connectivity index (χ4v) is 2.48. The van der Waals surface area contributed by atoms with Gasteiger partial charge >= 0.3 is 0 Å². The van der Waals surface area contributed by atoms with Crippen molar-refractivity contribution in [3.63, 3.8) is 0 Å². The van der Waals surface area contributed by atoms with Crippen LogP contribution >= 0.6 is 11.8 Å². The van der Waals surface area contributed by atoms with E-state index in [1.165, 1.54) is 39.5 Å². The van der Waals surface area contributed by atoms with E-state index in [1.54, 1.807) is 12.1 Å². The number of rotatable bonds is 4. The van der Waals surface area contributed by atoms with Gasteiger partial charge in [0.05, 0.1) is 6.54 Å². The van der Waals surface area contributed by atoms with Crippen molar-refractivity contribution in [1.29, 1.82) is 0 Å². The summed E-state index contributed by atoms with van der Waals surface area (Å²) in [5.74, 6) is -0.351. The van der Waals surface area contributed by atoms with Gasteiger partial charge in [0, 0.05) is 6.20 Å². The number of nitrogens with zero attached hydrogens (tertiary/aromatic N) is 5. The molecule has 3 rings (SSSR count). The number of hydrogen-bond donors (Lipinski definition) is 0. The molecule has 3 aromatic rings. The highest BCUT2D eigenvalue weighted by atomic mass is 32.2. The minimum atomic E-state index is -0.629. The molecule has 3 aromatic heterocycles. The lowest BCUT2D eigenvalue weighted by atomic mass is 10.4. The summed E-state index contributed by atoms with van der Waals surface area (Å²) in [5.41, 5.74) is 0.123. The highest BCUT2D eigenvalue weighted by Gasteiger charge is 2.17. The van der Waals surface area contributed by atoms with E-state index in [-0.39, 0.29) is 17.9 Å². The molecule has 0 aliphatic carbocycles. The van der Waals surface area contributed by atoms with Gasteiger partial charge in [-0.05, 0) is 18.4 Å². The van der Waals surface area contributed by atoms with Crippen molar-refractivity contribution in [2.75, 3.05) is 6.26 Å². The molecule has 0 aromatic carbocycles. The molecule has 0 unspecified atom stereocenters. The number of pyridine rings is 1. The number of fused-ring (bicyclic) bond motifs is 1. The van der Waals surface area contributed by atoms with Crippen molar-refractivity contribution >= 4 is 22.8 Å². The van der Waals surface area contributed by atoms with E-state index < -0.39 is 5.95 Å². The highest BCUT2D eigenvalue weighted by Crippen LogP contribution is 2.17. The summed E-state index contributed by atoms with van der Waals surface area (Å²) in [7, 11) is 0. The third-order valence-corrected chi connectivity index (χ3v) is 3.62. The van der Waals surface area contributed by atoms with E-state index >= 15 is 0 Å². The van der Waals surface area contributed by atoms with Crippen LogP contribution in [0.25, 0.3) is 16.9 Å². The molecule has 0 radical (unpaired) electrons. The van der Waals surface area contributed by atoms with Crippen LogP contribution in [0, 0.1) is 5.95 Å². The van der Waals surface area contributed by atoms with Gasteiger partial charge in [0.2, 0.25) is 5.95 Å². The van der Waals surface area contributed by atoms with Crippen LogP contribution in [0.3, 0.4) is 0 Å². The molecule has 0 saturated carbocycles. The van der Waals surface area contributed by atoms with Crippen molar-refractivity contribution in [1.82, 2.24) is 24.3 Å². The summed E-state index contributed by atoms with van der Waals surface area (Å²) in [6.07, 6.45) is 4.90.